The van der Waals surface area contributed by atoms with Gasteiger partial charge in [-0.1, -0.05) is 36.4 Å². The number of nitrogens with zero attached hydrogens (tertiary/aromatic N) is 3. The first-order valence-corrected chi connectivity index (χ1v) is 13.0. The zero-order valence-corrected chi connectivity index (χ0v) is 22.2. The predicted octanol–water partition coefficient (Wildman–Crippen LogP) is 4.84. The number of imide groups is 1. The van der Waals surface area contributed by atoms with E-state index >= 15 is 0 Å². The molecule has 2 N–H and O–H groups in total. The second-order valence-corrected chi connectivity index (χ2v) is 9.82. The maximum absolute atomic E-state index is 13.2. The third-order valence-electron chi connectivity index (χ3n) is 6.87. The SMILES string of the molecule is CCOc1ccc2c(c1)C(=O)N(C[C@H](NC(=O)NC=O)c1ccc(-c3ccc4nn(C(C)C)cc4c3)cc1)C2. The van der Waals surface area contributed by atoms with Gasteiger partial charge in [0, 0.05) is 36.3 Å². The van der Waals surface area contributed by atoms with Crippen LogP contribution in [-0.2, 0) is 11.3 Å². The van der Waals surface area contributed by atoms with Crippen LogP contribution < -0.4 is 15.4 Å². The van der Waals surface area contributed by atoms with Gasteiger partial charge in [0.2, 0.25) is 6.41 Å². The summed E-state index contributed by atoms with van der Waals surface area (Å²) in [4.78, 5) is 38.0. The number of urea groups is 1. The molecule has 1 aromatic heterocycles. The van der Waals surface area contributed by atoms with Crippen molar-refractivity contribution < 1.29 is 19.1 Å². The lowest BCUT2D eigenvalue weighted by Crippen LogP contribution is -2.42. The molecule has 39 heavy (non-hydrogen) atoms. The molecule has 0 fully saturated rings. The topological polar surface area (TPSA) is 106 Å². The van der Waals surface area contributed by atoms with E-state index in [-0.39, 0.29) is 18.5 Å². The van der Waals surface area contributed by atoms with E-state index in [0.29, 0.717) is 30.9 Å². The van der Waals surface area contributed by atoms with Crippen molar-refractivity contribution in [2.75, 3.05) is 13.2 Å². The molecule has 3 aromatic carbocycles. The maximum atomic E-state index is 13.2. The molecule has 9 nitrogen and oxygen atoms in total. The molecule has 4 amide bonds. The molecule has 1 aliphatic rings. The number of fused-ring (bicyclic) bond motifs is 2. The number of carbonyl (C=O) groups is 3. The van der Waals surface area contributed by atoms with E-state index < -0.39 is 12.1 Å². The summed E-state index contributed by atoms with van der Waals surface area (Å²) in [7, 11) is 0. The Bertz CT molecular complexity index is 1530. The molecular weight excluding hydrogens is 494 g/mol. The lowest BCUT2D eigenvalue weighted by molar-refractivity contribution is -0.108. The number of hydrogen-bond donors (Lipinski definition) is 2. The van der Waals surface area contributed by atoms with Crippen molar-refractivity contribution in [3.8, 4) is 16.9 Å². The summed E-state index contributed by atoms with van der Waals surface area (Å²) in [6.45, 7) is 7.27. The van der Waals surface area contributed by atoms with Crippen LogP contribution in [0.15, 0.2) is 66.9 Å². The average molecular weight is 526 g/mol. The number of amides is 4. The Morgan fingerprint density at radius 1 is 1.08 bits per heavy atom. The Kier molecular flexibility index (Phi) is 7.31. The second kappa shape index (κ2) is 11.0. The van der Waals surface area contributed by atoms with E-state index in [1.54, 1.807) is 11.0 Å². The molecule has 0 radical (unpaired) electrons. The van der Waals surface area contributed by atoms with Crippen LogP contribution in [0, 0.1) is 0 Å². The lowest BCUT2D eigenvalue weighted by atomic mass is 9.99. The first-order chi connectivity index (χ1) is 18.9. The van der Waals surface area contributed by atoms with Crippen LogP contribution in [0.25, 0.3) is 22.0 Å². The summed E-state index contributed by atoms with van der Waals surface area (Å²) >= 11 is 0. The molecule has 1 atom stereocenters. The molecule has 5 rings (SSSR count). The summed E-state index contributed by atoms with van der Waals surface area (Å²) < 4.78 is 7.51. The van der Waals surface area contributed by atoms with Gasteiger partial charge < -0.3 is 15.0 Å². The van der Waals surface area contributed by atoms with Crippen LogP contribution in [0.1, 0.15) is 54.3 Å². The summed E-state index contributed by atoms with van der Waals surface area (Å²) in [5, 5.41) is 10.6. The van der Waals surface area contributed by atoms with Crippen LogP contribution in [0.5, 0.6) is 5.75 Å². The number of benzene rings is 3. The highest BCUT2D eigenvalue weighted by Crippen LogP contribution is 2.30. The second-order valence-electron chi connectivity index (χ2n) is 9.82. The predicted molar refractivity (Wildman–Crippen MR) is 148 cm³/mol. The smallest absolute Gasteiger partial charge is 0.321 e. The van der Waals surface area contributed by atoms with Gasteiger partial charge in [0.25, 0.3) is 5.91 Å². The molecule has 9 heteroatoms. The highest BCUT2D eigenvalue weighted by atomic mass is 16.5. The van der Waals surface area contributed by atoms with E-state index in [1.807, 2.05) is 66.3 Å². The Morgan fingerprint density at radius 2 is 1.85 bits per heavy atom. The minimum absolute atomic E-state index is 0.124. The number of hydrogen-bond acceptors (Lipinski definition) is 5. The van der Waals surface area contributed by atoms with E-state index in [1.165, 1.54) is 0 Å². The highest BCUT2D eigenvalue weighted by Gasteiger charge is 2.30. The van der Waals surface area contributed by atoms with Crippen molar-refractivity contribution >= 4 is 29.3 Å². The largest absolute Gasteiger partial charge is 0.494 e. The minimum atomic E-state index is -0.630. The van der Waals surface area contributed by atoms with Gasteiger partial charge >= 0.3 is 6.03 Å². The van der Waals surface area contributed by atoms with E-state index in [9.17, 15) is 14.4 Å². The fraction of sp³-hybridized carbons (Fsp3) is 0.267. The number of rotatable bonds is 9. The van der Waals surface area contributed by atoms with Crippen molar-refractivity contribution in [1.82, 2.24) is 25.3 Å². The van der Waals surface area contributed by atoms with Crippen molar-refractivity contribution in [2.45, 2.75) is 39.4 Å². The third-order valence-corrected chi connectivity index (χ3v) is 6.87. The first kappa shape index (κ1) is 26.0. The molecule has 0 bridgehead atoms. The van der Waals surface area contributed by atoms with E-state index in [4.69, 9.17) is 4.74 Å². The number of nitrogens with one attached hydrogen (secondary N) is 2. The Morgan fingerprint density at radius 3 is 2.56 bits per heavy atom. The van der Waals surface area contributed by atoms with Crippen LogP contribution in [0.4, 0.5) is 4.79 Å². The summed E-state index contributed by atoms with van der Waals surface area (Å²) in [6, 6.07) is 18.7. The van der Waals surface area contributed by atoms with Crippen LogP contribution in [-0.4, -0.2) is 46.2 Å². The minimum Gasteiger partial charge on any atom is -0.494 e. The third kappa shape index (κ3) is 5.47. The molecule has 200 valence electrons. The Balaban J connectivity index is 1.38. The molecule has 1 aliphatic heterocycles. The average Bonchev–Trinajstić information content (AvgIpc) is 3.49. The lowest BCUT2D eigenvalue weighted by Gasteiger charge is -2.25. The Labute approximate surface area is 226 Å². The standard InChI is InChI=1S/C30H31N5O4/c1-4-39-25-11-9-23-15-34(29(37)26(23)14-25)17-28(32-30(38)31-18-36)21-7-5-20(6-8-21)22-10-12-27-24(13-22)16-35(33-27)19(2)3/h5-14,16,18-19,28H,4,15,17H2,1-3H3,(H2,31,32,36,38)/t28-/m0/s1. The van der Waals surface area contributed by atoms with Crippen molar-refractivity contribution in [1.29, 1.82) is 0 Å². The van der Waals surface area contributed by atoms with Crippen LogP contribution in [0.3, 0.4) is 0 Å². The molecule has 0 spiro atoms. The van der Waals surface area contributed by atoms with Crippen molar-refractivity contribution in [2.24, 2.45) is 0 Å². The van der Waals surface area contributed by atoms with Crippen LogP contribution >= 0.6 is 0 Å². The molecule has 2 heterocycles. The first-order valence-electron chi connectivity index (χ1n) is 13.0. The molecule has 0 aliphatic carbocycles. The van der Waals surface area contributed by atoms with Gasteiger partial charge in [0.05, 0.1) is 18.2 Å². The Hall–Kier alpha value is -4.66. The fourth-order valence-corrected chi connectivity index (χ4v) is 4.85. The van der Waals surface area contributed by atoms with E-state index in [2.05, 4.69) is 35.6 Å². The van der Waals surface area contributed by atoms with Crippen molar-refractivity contribution in [3.63, 3.8) is 0 Å². The zero-order valence-electron chi connectivity index (χ0n) is 22.2. The van der Waals surface area contributed by atoms with Crippen molar-refractivity contribution in [3.05, 3.63) is 83.6 Å². The van der Waals surface area contributed by atoms with Gasteiger partial charge in [0.15, 0.2) is 0 Å². The molecule has 0 unspecified atom stereocenters. The maximum Gasteiger partial charge on any atom is 0.321 e. The normalized spacial score (nSPS) is 13.4. The quantitative estimate of drug-likeness (QED) is 0.304. The van der Waals surface area contributed by atoms with Gasteiger partial charge in [-0.15, -0.1) is 0 Å². The molecule has 0 saturated heterocycles. The molecule has 0 saturated carbocycles. The van der Waals surface area contributed by atoms with Gasteiger partial charge in [-0.3, -0.25) is 19.6 Å². The number of aromatic nitrogens is 2. The monoisotopic (exact) mass is 525 g/mol. The molecule has 4 aromatic rings. The van der Waals surface area contributed by atoms with Gasteiger partial charge in [-0.2, -0.15) is 5.10 Å². The summed E-state index contributed by atoms with van der Waals surface area (Å²) in [5.41, 5.74) is 5.33. The van der Waals surface area contributed by atoms with E-state index in [0.717, 1.165) is 33.2 Å². The van der Waals surface area contributed by atoms with Gasteiger partial charge in [-0.05, 0) is 67.3 Å². The van der Waals surface area contributed by atoms with Gasteiger partial charge in [-0.25, -0.2) is 4.79 Å². The zero-order chi connectivity index (χ0) is 27.5. The molecular formula is C30H31N5O4. The fourth-order valence-electron chi connectivity index (χ4n) is 4.85. The van der Waals surface area contributed by atoms with Crippen LogP contribution in [0.2, 0.25) is 0 Å². The summed E-state index contributed by atoms with van der Waals surface area (Å²) in [6.07, 6.45) is 2.38. The number of carbonyl (C=O) groups excluding carboxylic acids is 3. The summed E-state index contributed by atoms with van der Waals surface area (Å²) in [5.74, 6) is 0.526. The highest BCUT2D eigenvalue weighted by molar-refractivity contribution is 5.98. The number of ether oxygens (including phenoxy) is 1. The van der Waals surface area contributed by atoms with Gasteiger partial charge in [0.1, 0.15) is 5.75 Å².